The van der Waals surface area contributed by atoms with E-state index in [0.29, 0.717) is 0 Å². The number of aromatic nitrogens is 3. The summed E-state index contributed by atoms with van der Waals surface area (Å²) in [5, 5.41) is 18.8. The van der Waals surface area contributed by atoms with Gasteiger partial charge in [-0.05, 0) is 13.0 Å². The van der Waals surface area contributed by atoms with Crippen LogP contribution in [0.25, 0.3) is 0 Å². The average molecular weight is 222 g/mol. The zero-order valence-electron chi connectivity index (χ0n) is 9.21. The van der Waals surface area contributed by atoms with Gasteiger partial charge in [0.2, 0.25) is 0 Å². The maximum absolute atomic E-state index is 10.6. The van der Waals surface area contributed by atoms with Crippen LogP contribution in [-0.4, -0.2) is 33.1 Å². The standard InChI is InChI=1S/C10H14N4O2/c1-7(11-3)4-5-8(2)14-6-9(10(15)16)12-13-14/h4-6,8,11H,1H2,2-3H3,(H,15,16)/b5-4-. The molecule has 6 nitrogen and oxygen atoms in total. The second-order valence-electron chi connectivity index (χ2n) is 3.26. The molecule has 0 saturated carbocycles. The van der Waals surface area contributed by atoms with E-state index < -0.39 is 5.97 Å². The summed E-state index contributed by atoms with van der Waals surface area (Å²) in [6.07, 6.45) is 5.03. The van der Waals surface area contributed by atoms with Gasteiger partial charge in [-0.25, -0.2) is 9.48 Å². The molecule has 1 rings (SSSR count). The number of aromatic carboxylic acids is 1. The fraction of sp³-hybridized carbons (Fsp3) is 0.300. The van der Waals surface area contributed by atoms with Gasteiger partial charge in [-0.3, -0.25) is 0 Å². The van der Waals surface area contributed by atoms with E-state index in [2.05, 4.69) is 22.2 Å². The van der Waals surface area contributed by atoms with E-state index in [1.54, 1.807) is 13.1 Å². The Morgan fingerprint density at radius 1 is 1.75 bits per heavy atom. The Kier molecular flexibility index (Phi) is 3.82. The molecule has 0 amide bonds. The molecule has 0 fully saturated rings. The summed E-state index contributed by atoms with van der Waals surface area (Å²) in [5.41, 5.74) is 0.707. The highest BCUT2D eigenvalue weighted by molar-refractivity contribution is 5.84. The summed E-state index contributed by atoms with van der Waals surface area (Å²) in [6.45, 7) is 5.61. The Bertz CT molecular complexity index is 422. The third kappa shape index (κ3) is 2.94. The first-order chi connectivity index (χ1) is 7.54. The fourth-order valence-electron chi connectivity index (χ4n) is 1.00. The van der Waals surface area contributed by atoms with Crippen molar-refractivity contribution < 1.29 is 9.90 Å². The lowest BCUT2D eigenvalue weighted by atomic mass is 10.3. The number of hydrogen-bond acceptors (Lipinski definition) is 4. The minimum absolute atomic E-state index is 0.0623. The Hall–Kier alpha value is -2.11. The summed E-state index contributed by atoms with van der Waals surface area (Å²) in [5.74, 6) is -1.08. The third-order valence-corrected chi connectivity index (χ3v) is 2.04. The van der Waals surface area contributed by atoms with Gasteiger partial charge in [0.25, 0.3) is 0 Å². The molecular formula is C10H14N4O2. The molecule has 6 heteroatoms. The molecule has 0 aliphatic rings. The molecule has 1 heterocycles. The van der Waals surface area contributed by atoms with Gasteiger partial charge in [0, 0.05) is 12.7 Å². The molecule has 0 saturated heterocycles. The van der Waals surface area contributed by atoms with Crippen molar-refractivity contribution in [1.82, 2.24) is 20.3 Å². The number of nitrogens with one attached hydrogen (secondary N) is 1. The minimum Gasteiger partial charge on any atom is -0.476 e. The summed E-state index contributed by atoms with van der Waals surface area (Å²) in [4.78, 5) is 10.6. The fourth-order valence-corrected chi connectivity index (χ4v) is 1.00. The predicted octanol–water partition coefficient (Wildman–Crippen LogP) is 0.827. The van der Waals surface area contributed by atoms with Gasteiger partial charge >= 0.3 is 5.97 Å². The lowest BCUT2D eigenvalue weighted by molar-refractivity contribution is 0.0690. The maximum atomic E-state index is 10.6. The van der Waals surface area contributed by atoms with Crippen LogP contribution in [0.3, 0.4) is 0 Å². The molecule has 0 aromatic carbocycles. The van der Waals surface area contributed by atoms with Gasteiger partial charge in [0.1, 0.15) is 0 Å². The van der Waals surface area contributed by atoms with Gasteiger partial charge in [0.05, 0.1) is 12.2 Å². The SMILES string of the molecule is C=C(/C=C\C(C)n1cc(C(=O)O)nn1)NC. The van der Waals surface area contributed by atoms with Crippen LogP contribution >= 0.6 is 0 Å². The zero-order valence-corrected chi connectivity index (χ0v) is 9.21. The van der Waals surface area contributed by atoms with Crippen LogP contribution < -0.4 is 5.32 Å². The molecule has 0 aliphatic heterocycles. The lowest BCUT2D eigenvalue weighted by Gasteiger charge is -2.05. The summed E-state index contributed by atoms with van der Waals surface area (Å²) >= 11 is 0. The average Bonchev–Trinajstić information content (AvgIpc) is 2.74. The van der Waals surface area contributed by atoms with Crippen LogP contribution in [0, 0.1) is 0 Å². The van der Waals surface area contributed by atoms with E-state index in [4.69, 9.17) is 5.11 Å². The van der Waals surface area contributed by atoms with E-state index in [1.165, 1.54) is 10.9 Å². The maximum Gasteiger partial charge on any atom is 0.358 e. The molecule has 0 bridgehead atoms. The molecule has 0 spiro atoms. The Labute approximate surface area is 93.3 Å². The third-order valence-electron chi connectivity index (χ3n) is 2.04. The van der Waals surface area contributed by atoms with Crippen molar-refractivity contribution in [2.45, 2.75) is 13.0 Å². The second-order valence-corrected chi connectivity index (χ2v) is 3.26. The Morgan fingerprint density at radius 3 is 2.94 bits per heavy atom. The van der Waals surface area contributed by atoms with E-state index >= 15 is 0 Å². The Balaban J connectivity index is 2.73. The van der Waals surface area contributed by atoms with Crippen molar-refractivity contribution in [3.05, 3.63) is 36.3 Å². The number of carbonyl (C=O) groups is 1. The van der Waals surface area contributed by atoms with E-state index in [1.807, 2.05) is 13.0 Å². The molecule has 16 heavy (non-hydrogen) atoms. The van der Waals surface area contributed by atoms with Gasteiger partial charge in [0.15, 0.2) is 5.69 Å². The van der Waals surface area contributed by atoms with Gasteiger partial charge in [-0.1, -0.05) is 17.9 Å². The molecule has 2 N–H and O–H groups in total. The van der Waals surface area contributed by atoms with Crippen LogP contribution in [0.4, 0.5) is 0 Å². The van der Waals surface area contributed by atoms with Crippen LogP contribution in [0.2, 0.25) is 0 Å². The van der Waals surface area contributed by atoms with E-state index in [9.17, 15) is 4.79 Å². The number of likely N-dealkylation sites (N-methyl/N-ethyl adjacent to an activating group) is 1. The van der Waals surface area contributed by atoms with Crippen molar-refractivity contribution in [3.8, 4) is 0 Å². The summed E-state index contributed by atoms with van der Waals surface area (Å²) in [7, 11) is 1.77. The number of carboxylic acid groups (broad SMARTS) is 1. The summed E-state index contributed by atoms with van der Waals surface area (Å²) < 4.78 is 1.48. The first kappa shape index (κ1) is 12.0. The van der Waals surface area contributed by atoms with Crippen LogP contribution in [0.1, 0.15) is 23.5 Å². The second kappa shape index (κ2) is 5.11. The van der Waals surface area contributed by atoms with Crippen molar-refractivity contribution in [1.29, 1.82) is 0 Å². The minimum atomic E-state index is -1.08. The molecule has 1 aromatic heterocycles. The first-order valence-corrected chi connectivity index (χ1v) is 4.74. The van der Waals surface area contributed by atoms with Gasteiger partial charge < -0.3 is 10.4 Å². The van der Waals surface area contributed by atoms with Gasteiger partial charge in [-0.2, -0.15) is 0 Å². The number of nitrogens with zero attached hydrogens (tertiary/aromatic N) is 3. The van der Waals surface area contributed by atoms with E-state index in [0.717, 1.165) is 5.70 Å². The topological polar surface area (TPSA) is 80.0 Å². The molecule has 1 atom stereocenters. The highest BCUT2D eigenvalue weighted by Crippen LogP contribution is 2.07. The molecule has 86 valence electrons. The molecular weight excluding hydrogens is 208 g/mol. The quantitative estimate of drug-likeness (QED) is 0.721. The zero-order chi connectivity index (χ0) is 12.1. The highest BCUT2D eigenvalue weighted by atomic mass is 16.4. The largest absolute Gasteiger partial charge is 0.476 e. The van der Waals surface area contributed by atoms with Crippen molar-refractivity contribution in [3.63, 3.8) is 0 Å². The molecule has 1 aromatic rings. The first-order valence-electron chi connectivity index (χ1n) is 4.74. The lowest BCUT2D eigenvalue weighted by Crippen LogP contribution is -2.05. The van der Waals surface area contributed by atoms with E-state index in [-0.39, 0.29) is 11.7 Å². The Morgan fingerprint density at radius 2 is 2.44 bits per heavy atom. The number of rotatable bonds is 5. The monoisotopic (exact) mass is 222 g/mol. The molecule has 0 aliphatic carbocycles. The molecule has 0 radical (unpaired) electrons. The number of carboxylic acids is 1. The van der Waals surface area contributed by atoms with Crippen LogP contribution in [-0.2, 0) is 0 Å². The van der Waals surface area contributed by atoms with Gasteiger partial charge in [-0.15, -0.1) is 5.10 Å². The normalized spacial score (nSPS) is 12.6. The van der Waals surface area contributed by atoms with Crippen LogP contribution in [0.5, 0.6) is 0 Å². The number of allylic oxidation sites excluding steroid dienone is 2. The van der Waals surface area contributed by atoms with Crippen LogP contribution in [0.15, 0.2) is 30.6 Å². The predicted molar refractivity (Wildman–Crippen MR) is 59.0 cm³/mol. The highest BCUT2D eigenvalue weighted by Gasteiger charge is 2.10. The van der Waals surface area contributed by atoms with Crippen molar-refractivity contribution in [2.24, 2.45) is 0 Å². The van der Waals surface area contributed by atoms with Crippen molar-refractivity contribution >= 4 is 5.97 Å². The number of hydrogen-bond donors (Lipinski definition) is 2. The van der Waals surface area contributed by atoms with Crippen molar-refractivity contribution in [2.75, 3.05) is 7.05 Å². The molecule has 1 unspecified atom stereocenters. The summed E-state index contributed by atoms with van der Waals surface area (Å²) in [6, 6.07) is -0.0781. The smallest absolute Gasteiger partial charge is 0.358 e.